The number of nitrogens with two attached hydrogens (primary N) is 1. The highest BCUT2D eigenvalue weighted by atomic mass is 32.1. The number of azide groups is 1. The van der Waals surface area contributed by atoms with Crippen LogP contribution in [-0.4, -0.2) is 5.91 Å². The average molecular weight is 168 g/mol. The maximum Gasteiger partial charge on any atom is 0.261 e. The van der Waals surface area contributed by atoms with Crippen molar-refractivity contribution < 1.29 is 4.79 Å². The van der Waals surface area contributed by atoms with Crippen LogP contribution in [0.1, 0.15) is 9.67 Å². The normalized spacial score (nSPS) is 8.73. The van der Waals surface area contributed by atoms with E-state index in [9.17, 15) is 4.79 Å². The van der Waals surface area contributed by atoms with Crippen molar-refractivity contribution in [3.63, 3.8) is 0 Å². The first-order valence-corrected chi connectivity index (χ1v) is 3.56. The van der Waals surface area contributed by atoms with E-state index in [-0.39, 0.29) is 0 Å². The molecule has 0 saturated heterocycles. The fraction of sp³-hybridized carbons (Fsp3) is 0. The number of anilines is 1. The molecular weight excluding hydrogens is 164 g/mol. The Bertz CT molecular complexity index is 325. The summed E-state index contributed by atoms with van der Waals surface area (Å²) >= 11 is 1.16. The monoisotopic (exact) mass is 168 g/mol. The largest absolute Gasteiger partial charge is 0.397 e. The SMILES string of the molecule is [N-]=[N+]=NC(=O)c1sccc1N. The Morgan fingerprint density at radius 2 is 2.55 bits per heavy atom. The second-order valence-corrected chi connectivity index (χ2v) is 2.62. The Labute approximate surface area is 66.1 Å². The molecule has 1 aromatic rings. The lowest BCUT2D eigenvalue weighted by Gasteiger charge is -1.88. The zero-order valence-electron chi connectivity index (χ0n) is 5.39. The molecule has 1 aromatic heterocycles. The summed E-state index contributed by atoms with van der Waals surface area (Å²) in [5.41, 5.74) is 13.7. The van der Waals surface area contributed by atoms with Crippen LogP contribution in [0.3, 0.4) is 0 Å². The van der Waals surface area contributed by atoms with E-state index >= 15 is 0 Å². The molecule has 5 nitrogen and oxygen atoms in total. The van der Waals surface area contributed by atoms with Gasteiger partial charge in [-0.2, -0.15) is 0 Å². The molecule has 1 heterocycles. The number of nitrogens with zero attached hydrogens (tertiary/aromatic N) is 3. The molecule has 0 aliphatic rings. The van der Waals surface area contributed by atoms with Crippen LogP contribution in [0.25, 0.3) is 10.4 Å². The molecule has 1 rings (SSSR count). The zero-order valence-corrected chi connectivity index (χ0v) is 6.21. The minimum Gasteiger partial charge on any atom is -0.397 e. The molecule has 1 amide bonds. The molecule has 6 heteroatoms. The molecule has 0 spiro atoms. The van der Waals surface area contributed by atoms with Gasteiger partial charge in [-0.1, -0.05) is 0 Å². The lowest BCUT2D eigenvalue weighted by atomic mass is 10.4. The highest BCUT2D eigenvalue weighted by Crippen LogP contribution is 2.19. The molecule has 0 atom stereocenters. The van der Waals surface area contributed by atoms with Crippen LogP contribution in [0.2, 0.25) is 0 Å². The molecule has 0 unspecified atom stereocenters. The molecule has 0 aliphatic carbocycles. The van der Waals surface area contributed by atoms with Gasteiger partial charge in [0.1, 0.15) is 0 Å². The molecule has 0 fully saturated rings. The number of hydrogen-bond donors (Lipinski definition) is 1. The molecule has 11 heavy (non-hydrogen) atoms. The smallest absolute Gasteiger partial charge is 0.261 e. The highest BCUT2D eigenvalue weighted by Gasteiger charge is 2.07. The fourth-order valence-corrected chi connectivity index (χ4v) is 1.28. The quantitative estimate of drug-likeness (QED) is 0.393. The Kier molecular flexibility index (Phi) is 2.10. The number of carbonyl (C=O) groups excluding carboxylic acids is 1. The third kappa shape index (κ3) is 1.49. The number of amides is 1. The summed E-state index contributed by atoms with van der Waals surface area (Å²) in [7, 11) is 0. The fourth-order valence-electron chi connectivity index (χ4n) is 0.579. The third-order valence-corrected chi connectivity index (χ3v) is 1.94. The van der Waals surface area contributed by atoms with E-state index in [0.29, 0.717) is 10.6 Å². The minimum absolute atomic E-state index is 0.294. The van der Waals surface area contributed by atoms with Crippen molar-refractivity contribution in [3.8, 4) is 0 Å². The maximum absolute atomic E-state index is 10.8. The number of hydrogen-bond acceptors (Lipinski definition) is 3. The first-order chi connectivity index (χ1) is 5.25. The van der Waals surface area contributed by atoms with Crippen molar-refractivity contribution in [1.29, 1.82) is 0 Å². The number of carbonyl (C=O) groups is 1. The van der Waals surface area contributed by atoms with Gasteiger partial charge in [0.15, 0.2) is 0 Å². The van der Waals surface area contributed by atoms with Crippen LogP contribution >= 0.6 is 11.3 Å². The predicted molar refractivity (Wildman–Crippen MR) is 42.2 cm³/mol. The number of thiophene rings is 1. The van der Waals surface area contributed by atoms with Gasteiger partial charge < -0.3 is 5.73 Å². The molecule has 0 aliphatic heterocycles. The molecule has 0 radical (unpaired) electrons. The summed E-state index contributed by atoms with van der Waals surface area (Å²) in [6, 6.07) is 1.59. The second-order valence-electron chi connectivity index (χ2n) is 1.70. The number of nitrogen functional groups attached to an aromatic ring is 1. The van der Waals surface area contributed by atoms with Gasteiger partial charge in [-0.05, 0) is 22.1 Å². The predicted octanol–water partition coefficient (Wildman–Crippen LogP) is 1.78. The topological polar surface area (TPSA) is 91.9 Å². The van der Waals surface area contributed by atoms with Crippen molar-refractivity contribution in [2.45, 2.75) is 0 Å². The Morgan fingerprint density at radius 3 is 3.00 bits per heavy atom. The van der Waals surface area contributed by atoms with Crippen LogP contribution in [-0.2, 0) is 0 Å². The van der Waals surface area contributed by atoms with E-state index in [2.05, 4.69) is 10.0 Å². The lowest BCUT2D eigenvalue weighted by molar-refractivity contribution is 0.100. The zero-order chi connectivity index (χ0) is 8.27. The molecule has 0 aromatic carbocycles. The van der Waals surface area contributed by atoms with Gasteiger partial charge in [-0.25, -0.2) is 0 Å². The van der Waals surface area contributed by atoms with Crippen molar-refractivity contribution in [3.05, 3.63) is 26.8 Å². The first kappa shape index (κ1) is 7.59. The summed E-state index contributed by atoms with van der Waals surface area (Å²) in [5, 5.41) is 4.56. The van der Waals surface area contributed by atoms with Gasteiger partial charge in [0.05, 0.1) is 10.6 Å². The first-order valence-electron chi connectivity index (χ1n) is 2.68. The molecule has 0 saturated carbocycles. The molecule has 2 N–H and O–H groups in total. The van der Waals surface area contributed by atoms with E-state index < -0.39 is 5.91 Å². The van der Waals surface area contributed by atoms with Gasteiger partial charge in [0.2, 0.25) is 0 Å². The standard InChI is InChI=1S/C5H4N4OS/c6-3-1-2-11-4(3)5(10)8-9-7/h1-2H,6H2. The van der Waals surface area contributed by atoms with E-state index in [1.165, 1.54) is 0 Å². The minimum atomic E-state index is -0.625. The summed E-state index contributed by atoms with van der Waals surface area (Å²) in [5.74, 6) is -0.625. The van der Waals surface area contributed by atoms with Crippen molar-refractivity contribution in [2.75, 3.05) is 5.73 Å². The second kappa shape index (κ2) is 3.05. The van der Waals surface area contributed by atoms with Gasteiger partial charge in [-0.3, -0.25) is 4.79 Å². The summed E-state index contributed by atoms with van der Waals surface area (Å²) in [6.45, 7) is 0. The lowest BCUT2D eigenvalue weighted by Crippen LogP contribution is -1.94. The average Bonchev–Trinajstić information content (AvgIpc) is 2.36. The van der Waals surface area contributed by atoms with Gasteiger partial charge in [-0.15, -0.1) is 11.3 Å². The third-order valence-electron chi connectivity index (χ3n) is 1.03. The van der Waals surface area contributed by atoms with Crippen LogP contribution in [0.15, 0.2) is 16.6 Å². The van der Waals surface area contributed by atoms with Gasteiger partial charge in [0, 0.05) is 4.91 Å². The Morgan fingerprint density at radius 1 is 1.82 bits per heavy atom. The molecule has 0 bridgehead atoms. The maximum atomic E-state index is 10.8. The summed E-state index contributed by atoms with van der Waals surface area (Å²) in [6.07, 6.45) is 0. The van der Waals surface area contributed by atoms with Gasteiger partial charge in [0.25, 0.3) is 5.91 Å². The number of rotatable bonds is 1. The van der Waals surface area contributed by atoms with Crippen molar-refractivity contribution in [2.24, 2.45) is 5.11 Å². The summed E-state index contributed by atoms with van der Waals surface area (Å²) in [4.78, 5) is 13.5. The van der Waals surface area contributed by atoms with Crippen LogP contribution in [0, 0.1) is 0 Å². The van der Waals surface area contributed by atoms with E-state index in [1.807, 2.05) is 0 Å². The molecule has 56 valence electrons. The van der Waals surface area contributed by atoms with Crippen LogP contribution in [0.5, 0.6) is 0 Å². The van der Waals surface area contributed by atoms with E-state index in [4.69, 9.17) is 11.3 Å². The highest BCUT2D eigenvalue weighted by molar-refractivity contribution is 7.12. The Balaban J connectivity index is 3.02. The van der Waals surface area contributed by atoms with Crippen LogP contribution in [0.4, 0.5) is 5.69 Å². The van der Waals surface area contributed by atoms with Crippen molar-refractivity contribution in [1.82, 2.24) is 0 Å². The summed E-state index contributed by atoms with van der Waals surface area (Å²) < 4.78 is 0. The van der Waals surface area contributed by atoms with Crippen molar-refractivity contribution >= 4 is 22.9 Å². The van der Waals surface area contributed by atoms with E-state index in [0.717, 1.165) is 11.3 Å². The van der Waals surface area contributed by atoms with Gasteiger partial charge >= 0.3 is 0 Å². The van der Waals surface area contributed by atoms with Crippen LogP contribution < -0.4 is 5.73 Å². The molecular formula is C5H4N4OS. The van der Waals surface area contributed by atoms with E-state index in [1.54, 1.807) is 11.4 Å². The Hall–Kier alpha value is -1.52.